The molecule has 2 aliphatic heterocycles. The molecule has 0 aromatic heterocycles. The monoisotopic (exact) mass is 316 g/mol. The summed E-state index contributed by atoms with van der Waals surface area (Å²) in [5, 5.41) is 0. The van der Waals surface area contributed by atoms with Crippen molar-refractivity contribution in [2.24, 2.45) is 5.92 Å². The van der Waals surface area contributed by atoms with Crippen molar-refractivity contribution >= 4 is 17.5 Å². The molecule has 1 aromatic carbocycles. The maximum absolute atomic E-state index is 13.0. The van der Waals surface area contributed by atoms with E-state index in [1.165, 1.54) is 5.56 Å². The van der Waals surface area contributed by atoms with Crippen molar-refractivity contribution in [1.29, 1.82) is 0 Å². The molecule has 0 saturated carbocycles. The van der Waals surface area contributed by atoms with E-state index < -0.39 is 0 Å². The van der Waals surface area contributed by atoms with Crippen molar-refractivity contribution in [3.63, 3.8) is 0 Å². The Morgan fingerprint density at radius 2 is 2.09 bits per heavy atom. The molecule has 3 atom stereocenters. The number of fused-ring (bicyclic) bond motifs is 1. The summed E-state index contributed by atoms with van der Waals surface area (Å²) in [6.45, 7) is 5.02. The maximum Gasteiger partial charge on any atom is 0.232 e. The minimum atomic E-state index is -0.254. The number of ether oxygens (including phenoxy) is 1. The van der Waals surface area contributed by atoms with Gasteiger partial charge in [0.15, 0.2) is 0 Å². The predicted octanol–water partition coefficient (Wildman–Crippen LogP) is 1.85. The summed E-state index contributed by atoms with van der Waals surface area (Å²) in [5.41, 5.74) is 2.21. The summed E-state index contributed by atoms with van der Waals surface area (Å²) >= 11 is 0. The highest BCUT2D eigenvalue weighted by Crippen LogP contribution is 2.34. The van der Waals surface area contributed by atoms with E-state index in [1.807, 2.05) is 30.0 Å². The van der Waals surface area contributed by atoms with Crippen LogP contribution in [0.25, 0.3) is 0 Å². The van der Waals surface area contributed by atoms with Gasteiger partial charge in [0.1, 0.15) is 0 Å². The highest BCUT2D eigenvalue weighted by atomic mass is 16.5. The largest absolute Gasteiger partial charge is 0.383 e. The van der Waals surface area contributed by atoms with E-state index in [1.54, 1.807) is 12.0 Å². The summed E-state index contributed by atoms with van der Waals surface area (Å²) in [5.74, 6) is -0.133. The molecular weight excluding hydrogens is 292 g/mol. The van der Waals surface area contributed by atoms with Crippen LogP contribution in [0.2, 0.25) is 0 Å². The number of likely N-dealkylation sites (tertiary alicyclic amines) is 1. The van der Waals surface area contributed by atoms with Crippen molar-refractivity contribution in [3.8, 4) is 0 Å². The van der Waals surface area contributed by atoms with Crippen molar-refractivity contribution in [2.75, 3.05) is 25.2 Å². The molecule has 3 rings (SSSR count). The van der Waals surface area contributed by atoms with Gasteiger partial charge in [0, 0.05) is 31.8 Å². The molecule has 2 amide bonds. The van der Waals surface area contributed by atoms with Gasteiger partial charge < -0.3 is 14.5 Å². The molecule has 1 fully saturated rings. The number of carbonyl (C=O) groups excluding carboxylic acids is 2. The number of anilines is 1. The molecule has 0 spiro atoms. The van der Waals surface area contributed by atoms with Crippen LogP contribution in [-0.4, -0.2) is 49.1 Å². The molecular formula is C18H24N2O3. The van der Waals surface area contributed by atoms with Crippen LogP contribution in [-0.2, 0) is 20.7 Å². The Morgan fingerprint density at radius 1 is 1.35 bits per heavy atom. The Kier molecular flexibility index (Phi) is 4.39. The van der Waals surface area contributed by atoms with E-state index >= 15 is 0 Å². The molecule has 0 aliphatic carbocycles. The number of nitrogens with zero attached hydrogens (tertiary/aromatic N) is 2. The summed E-state index contributed by atoms with van der Waals surface area (Å²) in [4.78, 5) is 28.9. The van der Waals surface area contributed by atoms with Gasteiger partial charge in [-0.25, -0.2) is 0 Å². The first-order valence-electron chi connectivity index (χ1n) is 8.22. The molecule has 0 radical (unpaired) electrons. The molecule has 124 valence electrons. The Labute approximate surface area is 137 Å². The zero-order chi connectivity index (χ0) is 16.6. The lowest BCUT2D eigenvalue weighted by Gasteiger charge is -2.27. The van der Waals surface area contributed by atoms with E-state index in [9.17, 15) is 9.59 Å². The van der Waals surface area contributed by atoms with Crippen molar-refractivity contribution < 1.29 is 14.3 Å². The number of amides is 2. The third-order valence-electron chi connectivity index (χ3n) is 4.89. The van der Waals surface area contributed by atoms with Crippen molar-refractivity contribution in [2.45, 2.75) is 38.8 Å². The van der Waals surface area contributed by atoms with Crippen LogP contribution in [0.3, 0.4) is 0 Å². The number of methoxy groups -OCH3 is 1. The zero-order valence-corrected chi connectivity index (χ0v) is 14.0. The van der Waals surface area contributed by atoms with Gasteiger partial charge in [0.05, 0.1) is 18.6 Å². The van der Waals surface area contributed by atoms with Gasteiger partial charge in [0.25, 0.3) is 0 Å². The lowest BCUT2D eigenvalue weighted by Crippen LogP contribution is -2.42. The average molecular weight is 316 g/mol. The predicted molar refractivity (Wildman–Crippen MR) is 88.3 cm³/mol. The highest BCUT2D eigenvalue weighted by molar-refractivity contribution is 6.01. The lowest BCUT2D eigenvalue weighted by atomic mass is 10.1. The summed E-state index contributed by atoms with van der Waals surface area (Å²) in [7, 11) is 1.63. The van der Waals surface area contributed by atoms with Gasteiger partial charge in [-0.1, -0.05) is 18.2 Å². The second kappa shape index (κ2) is 6.32. The molecule has 0 N–H and O–H groups in total. The van der Waals surface area contributed by atoms with E-state index in [-0.39, 0.29) is 29.8 Å². The minimum absolute atomic E-state index is 0.00795. The van der Waals surface area contributed by atoms with Crippen LogP contribution < -0.4 is 4.90 Å². The van der Waals surface area contributed by atoms with Crippen LogP contribution in [0, 0.1) is 5.92 Å². The topological polar surface area (TPSA) is 49.9 Å². The Morgan fingerprint density at radius 3 is 2.83 bits per heavy atom. The SMILES string of the molecule is COCC(C)N1CC(C(=O)N2c3ccccc3CC2C)CC1=O. The van der Waals surface area contributed by atoms with Gasteiger partial charge in [-0.05, 0) is 31.9 Å². The first kappa shape index (κ1) is 16.0. The lowest BCUT2D eigenvalue weighted by molar-refractivity contribution is -0.130. The first-order valence-corrected chi connectivity index (χ1v) is 8.22. The average Bonchev–Trinajstić information content (AvgIpc) is 3.06. The van der Waals surface area contributed by atoms with Crippen molar-refractivity contribution in [3.05, 3.63) is 29.8 Å². The summed E-state index contributed by atoms with van der Waals surface area (Å²) in [6, 6.07) is 8.20. The van der Waals surface area contributed by atoms with Gasteiger partial charge in [-0.15, -0.1) is 0 Å². The third-order valence-corrected chi connectivity index (χ3v) is 4.89. The van der Waals surface area contributed by atoms with Crippen LogP contribution >= 0.6 is 0 Å². The van der Waals surface area contributed by atoms with Gasteiger partial charge in [-0.2, -0.15) is 0 Å². The number of benzene rings is 1. The normalized spacial score (nSPS) is 24.9. The third kappa shape index (κ3) is 2.85. The highest BCUT2D eigenvalue weighted by Gasteiger charge is 2.41. The number of carbonyl (C=O) groups is 2. The van der Waals surface area contributed by atoms with Crippen LogP contribution in [0.5, 0.6) is 0 Å². The smallest absolute Gasteiger partial charge is 0.232 e. The molecule has 5 heteroatoms. The molecule has 23 heavy (non-hydrogen) atoms. The van der Waals surface area contributed by atoms with E-state index in [0.29, 0.717) is 19.6 Å². The fourth-order valence-electron chi connectivity index (χ4n) is 3.75. The molecule has 1 aromatic rings. The number of para-hydroxylation sites is 1. The van der Waals surface area contributed by atoms with Crippen LogP contribution in [0.1, 0.15) is 25.8 Å². The molecule has 2 heterocycles. The fraction of sp³-hybridized carbons (Fsp3) is 0.556. The molecule has 5 nitrogen and oxygen atoms in total. The molecule has 2 aliphatic rings. The Balaban J connectivity index is 1.76. The number of hydrogen-bond donors (Lipinski definition) is 0. The molecule has 3 unspecified atom stereocenters. The second-order valence-corrected chi connectivity index (χ2v) is 6.64. The second-order valence-electron chi connectivity index (χ2n) is 6.64. The zero-order valence-electron chi connectivity index (χ0n) is 14.0. The molecule has 0 bridgehead atoms. The summed E-state index contributed by atoms with van der Waals surface area (Å²) < 4.78 is 5.13. The number of rotatable bonds is 4. The Hall–Kier alpha value is -1.88. The van der Waals surface area contributed by atoms with E-state index in [2.05, 4.69) is 13.0 Å². The number of hydrogen-bond acceptors (Lipinski definition) is 3. The Bertz CT molecular complexity index is 616. The molecule has 1 saturated heterocycles. The first-order chi connectivity index (χ1) is 11.0. The van der Waals surface area contributed by atoms with Gasteiger partial charge in [0.2, 0.25) is 11.8 Å². The summed E-state index contributed by atoms with van der Waals surface area (Å²) in [6.07, 6.45) is 1.19. The maximum atomic E-state index is 13.0. The van der Waals surface area contributed by atoms with Gasteiger partial charge >= 0.3 is 0 Å². The quantitative estimate of drug-likeness (QED) is 0.852. The standard InChI is InChI=1S/C18H24N2O3/c1-12-8-14-6-4-5-7-16(14)20(12)18(22)15-9-17(21)19(10-15)13(2)11-23-3/h4-7,12-13,15H,8-11H2,1-3H3. The van der Waals surface area contributed by atoms with E-state index in [0.717, 1.165) is 12.1 Å². The minimum Gasteiger partial charge on any atom is -0.383 e. The van der Waals surface area contributed by atoms with Gasteiger partial charge in [-0.3, -0.25) is 9.59 Å². The van der Waals surface area contributed by atoms with Crippen molar-refractivity contribution in [1.82, 2.24) is 4.90 Å². The van der Waals surface area contributed by atoms with Crippen LogP contribution in [0.15, 0.2) is 24.3 Å². The van der Waals surface area contributed by atoms with E-state index in [4.69, 9.17) is 4.74 Å². The fourth-order valence-corrected chi connectivity index (χ4v) is 3.75. The van der Waals surface area contributed by atoms with Crippen LogP contribution in [0.4, 0.5) is 5.69 Å².